The van der Waals surface area contributed by atoms with Crippen LogP contribution in [0.4, 0.5) is 0 Å². The lowest BCUT2D eigenvalue weighted by Gasteiger charge is -2.18. The first kappa shape index (κ1) is 15.8. The van der Waals surface area contributed by atoms with Crippen LogP contribution in [-0.2, 0) is 0 Å². The number of hydrogen-bond donors (Lipinski definition) is 1. The third-order valence-corrected chi connectivity index (χ3v) is 3.83. The fourth-order valence-electron chi connectivity index (χ4n) is 2.75. The zero-order valence-electron chi connectivity index (χ0n) is 12.4. The maximum Gasteiger partial charge on any atom is 0.119 e. The van der Waals surface area contributed by atoms with Gasteiger partial charge in [0.25, 0.3) is 0 Å². The minimum atomic E-state index is 0.458. The normalized spacial score (nSPS) is 14.0. The van der Waals surface area contributed by atoms with E-state index in [0.717, 1.165) is 24.3 Å². The Morgan fingerprint density at radius 2 is 1.95 bits per heavy atom. The maximum absolute atomic E-state index is 9.99. The van der Waals surface area contributed by atoms with E-state index >= 15 is 0 Å². The van der Waals surface area contributed by atoms with E-state index in [9.17, 15) is 5.11 Å². The van der Waals surface area contributed by atoms with Crippen LogP contribution >= 0.6 is 0 Å². The van der Waals surface area contributed by atoms with Crippen molar-refractivity contribution in [1.82, 2.24) is 0 Å². The zero-order valence-corrected chi connectivity index (χ0v) is 12.4. The summed E-state index contributed by atoms with van der Waals surface area (Å²) in [6.07, 6.45) is 9.10. The predicted octanol–water partition coefficient (Wildman–Crippen LogP) is 5.66. The third kappa shape index (κ3) is 5.50. The number of phenolic OH excluding ortho intramolecular Hbond substituents is 1. The fourth-order valence-corrected chi connectivity index (χ4v) is 2.75. The summed E-state index contributed by atoms with van der Waals surface area (Å²) in [5, 5.41) is 9.99. The summed E-state index contributed by atoms with van der Waals surface area (Å²) in [4.78, 5) is 0. The zero-order chi connectivity index (χ0) is 14.1. The van der Waals surface area contributed by atoms with Crippen molar-refractivity contribution in [2.45, 2.75) is 58.3 Å². The molecule has 0 saturated carbocycles. The third-order valence-electron chi connectivity index (χ3n) is 3.83. The molecule has 0 aromatic heterocycles. The summed E-state index contributed by atoms with van der Waals surface area (Å²) < 4.78 is 0. The smallest absolute Gasteiger partial charge is 0.119 e. The lowest BCUT2D eigenvalue weighted by Crippen LogP contribution is -2.01. The van der Waals surface area contributed by atoms with Gasteiger partial charge in [0.1, 0.15) is 5.75 Å². The highest BCUT2D eigenvalue weighted by Gasteiger charge is 2.14. The molecule has 2 atom stereocenters. The van der Waals surface area contributed by atoms with Gasteiger partial charge in [-0.05, 0) is 42.7 Å². The van der Waals surface area contributed by atoms with Crippen LogP contribution in [0.25, 0.3) is 0 Å². The van der Waals surface area contributed by atoms with E-state index in [1.165, 1.54) is 25.7 Å². The number of hydrogen-bond acceptors (Lipinski definition) is 1. The van der Waals surface area contributed by atoms with Crippen LogP contribution in [-0.4, -0.2) is 5.11 Å². The van der Waals surface area contributed by atoms with E-state index in [1.807, 2.05) is 18.2 Å². The van der Waals surface area contributed by atoms with Gasteiger partial charge in [0.05, 0.1) is 0 Å². The summed E-state index contributed by atoms with van der Waals surface area (Å²) in [7, 11) is 0. The van der Waals surface area contributed by atoms with Gasteiger partial charge in [-0.2, -0.15) is 0 Å². The number of phenols is 1. The van der Waals surface area contributed by atoms with Gasteiger partial charge in [-0.3, -0.25) is 0 Å². The highest BCUT2D eigenvalue weighted by molar-refractivity contribution is 5.34. The summed E-state index contributed by atoms with van der Waals surface area (Å²) in [6, 6.07) is 7.80. The molecule has 2 unspecified atom stereocenters. The van der Waals surface area contributed by atoms with Gasteiger partial charge >= 0.3 is 0 Å². The molecule has 1 nitrogen and oxygen atoms in total. The minimum Gasteiger partial charge on any atom is -0.508 e. The number of allylic oxidation sites excluding steroid dienone is 1. The molecule has 1 N–H and O–H groups in total. The first-order valence-electron chi connectivity index (χ1n) is 7.57. The molecule has 0 fully saturated rings. The average molecular weight is 260 g/mol. The first-order valence-corrected chi connectivity index (χ1v) is 7.57. The molecule has 0 heterocycles. The molecule has 0 bridgehead atoms. The highest BCUT2D eigenvalue weighted by Crippen LogP contribution is 2.33. The molecule has 0 saturated heterocycles. The quantitative estimate of drug-likeness (QED) is 0.568. The summed E-state index contributed by atoms with van der Waals surface area (Å²) in [5.74, 6) is 1.69. The first-order chi connectivity index (χ1) is 9.19. The van der Waals surface area contributed by atoms with Crippen molar-refractivity contribution in [3.05, 3.63) is 42.5 Å². The summed E-state index contributed by atoms with van der Waals surface area (Å²) in [5.41, 5.74) is 1.13. The molecule has 1 aromatic rings. The number of rotatable bonds is 9. The standard InChI is InChI=1S/C18H28O/c1-4-9-15(3)11-8-12-16(10-5-2)17-13-6-7-14-18(17)19/h4,6-7,13-16,19H,1,5,8-12H2,2-3H3. The van der Waals surface area contributed by atoms with Gasteiger partial charge in [0.15, 0.2) is 0 Å². The monoisotopic (exact) mass is 260 g/mol. The minimum absolute atomic E-state index is 0.458. The Bertz CT molecular complexity index is 370. The molecule has 0 spiro atoms. The number of benzene rings is 1. The molecular formula is C18H28O. The second kappa shape index (κ2) is 8.79. The summed E-state index contributed by atoms with van der Waals surface area (Å²) >= 11 is 0. The van der Waals surface area contributed by atoms with Crippen molar-refractivity contribution in [3.8, 4) is 5.75 Å². The lowest BCUT2D eigenvalue weighted by molar-refractivity contribution is 0.433. The highest BCUT2D eigenvalue weighted by atomic mass is 16.3. The maximum atomic E-state index is 9.99. The average Bonchev–Trinajstić information content (AvgIpc) is 2.39. The van der Waals surface area contributed by atoms with Crippen LogP contribution in [0.3, 0.4) is 0 Å². The van der Waals surface area contributed by atoms with E-state index in [0.29, 0.717) is 11.7 Å². The van der Waals surface area contributed by atoms with Crippen LogP contribution < -0.4 is 0 Å². The predicted molar refractivity (Wildman–Crippen MR) is 83.6 cm³/mol. The summed E-state index contributed by atoms with van der Waals surface area (Å²) in [6.45, 7) is 8.30. The van der Waals surface area contributed by atoms with Gasteiger partial charge in [-0.1, -0.05) is 57.4 Å². The van der Waals surface area contributed by atoms with E-state index in [4.69, 9.17) is 0 Å². The Balaban J connectivity index is 2.54. The Labute approximate surface area is 118 Å². The number of para-hydroxylation sites is 1. The van der Waals surface area contributed by atoms with Crippen molar-refractivity contribution in [3.63, 3.8) is 0 Å². The Morgan fingerprint density at radius 3 is 2.58 bits per heavy atom. The molecule has 1 heteroatoms. The van der Waals surface area contributed by atoms with Gasteiger partial charge in [-0.15, -0.1) is 6.58 Å². The van der Waals surface area contributed by atoms with E-state index < -0.39 is 0 Å². The Morgan fingerprint density at radius 1 is 1.21 bits per heavy atom. The van der Waals surface area contributed by atoms with E-state index in [-0.39, 0.29) is 0 Å². The number of aromatic hydroxyl groups is 1. The molecule has 0 aliphatic heterocycles. The topological polar surface area (TPSA) is 20.2 Å². The van der Waals surface area contributed by atoms with Crippen molar-refractivity contribution in [2.24, 2.45) is 5.92 Å². The fraction of sp³-hybridized carbons (Fsp3) is 0.556. The van der Waals surface area contributed by atoms with Crippen molar-refractivity contribution < 1.29 is 5.11 Å². The van der Waals surface area contributed by atoms with Crippen LogP contribution in [0.15, 0.2) is 36.9 Å². The molecule has 1 aromatic carbocycles. The molecular weight excluding hydrogens is 232 g/mol. The van der Waals surface area contributed by atoms with Crippen LogP contribution in [0.1, 0.15) is 63.9 Å². The molecule has 1 rings (SSSR count). The Hall–Kier alpha value is -1.24. The molecule has 0 aliphatic carbocycles. The van der Waals surface area contributed by atoms with Crippen LogP contribution in [0.5, 0.6) is 5.75 Å². The van der Waals surface area contributed by atoms with Crippen LogP contribution in [0.2, 0.25) is 0 Å². The second-order valence-corrected chi connectivity index (χ2v) is 5.60. The second-order valence-electron chi connectivity index (χ2n) is 5.60. The Kier molecular flexibility index (Phi) is 7.32. The van der Waals surface area contributed by atoms with Gasteiger partial charge in [0, 0.05) is 0 Å². The van der Waals surface area contributed by atoms with Gasteiger partial charge < -0.3 is 5.11 Å². The molecule has 0 radical (unpaired) electrons. The van der Waals surface area contributed by atoms with E-state index in [1.54, 1.807) is 6.07 Å². The molecule has 106 valence electrons. The lowest BCUT2D eigenvalue weighted by atomic mass is 9.87. The van der Waals surface area contributed by atoms with Gasteiger partial charge in [0.2, 0.25) is 0 Å². The van der Waals surface area contributed by atoms with Crippen molar-refractivity contribution in [1.29, 1.82) is 0 Å². The van der Waals surface area contributed by atoms with Crippen molar-refractivity contribution in [2.75, 3.05) is 0 Å². The van der Waals surface area contributed by atoms with Crippen molar-refractivity contribution >= 4 is 0 Å². The SMILES string of the molecule is C=CCC(C)CCCC(CCC)c1ccccc1O. The molecule has 19 heavy (non-hydrogen) atoms. The van der Waals surface area contributed by atoms with Gasteiger partial charge in [-0.25, -0.2) is 0 Å². The largest absolute Gasteiger partial charge is 0.508 e. The van der Waals surface area contributed by atoms with E-state index in [2.05, 4.69) is 26.5 Å². The molecule has 0 amide bonds. The molecule has 0 aliphatic rings. The van der Waals surface area contributed by atoms with Crippen LogP contribution in [0, 0.1) is 5.92 Å².